The molecule has 0 saturated carbocycles. The predicted molar refractivity (Wildman–Crippen MR) is 115 cm³/mol. The van der Waals surface area contributed by atoms with Crippen molar-refractivity contribution in [2.45, 2.75) is 20.1 Å². The molecule has 27 heavy (non-hydrogen) atoms. The van der Waals surface area contributed by atoms with Crippen LogP contribution in [-0.2, 0) is 13.2 Å². The molecule has 0 radical (unpaired) electrons. The van der Waals surface area contributed by atoms with Gasteiger partial charge in [-0.25, -0.2) is 0 Å². The number of hydrogen-bond acceptors (Lipinski definition) is 3. The van der Waals surface area contributed by atoms with Crippen LogP contribution in [-0.4, -0.2) is 7.11 Å². The van der Waals surface area contributed by atoms with Gasteiger partial charge >= 0.3 is 0 Å². The van der Waals surface area contributed by atoms with E-state index in [4.69, 9.17) is 21.1 Å². The van der Waals surface area contributed by atoms with Crippen LogP contribution in [0.4, 0.5) is 5.69 Å². The Kier molecular flexibility index (Phi) is 6.64. The third-order valence-corrected chi connectivity index (χ3v) is 4.93. The lowest BCUT2D eigenvalue weighted by Crippen LogP contribution is -2.03. The summed E-state index contributed by atoms with van der Waals surface area (Å²) in [7, 11) is 1.64. The minimum Gasteiger partial charge on any atom is -0.493 e. The van der Waals surface area contributed by atoms with Gasteiger partial charge in [0.2, 0.25) is 0 Å². The Morgan fingerprint density at radius 3 is 2.48 bits per heavy atom. The van der Waals surface area contributed by atoms with Gasteiger partial charge in [0.25, 0.3) is 0 Å². The largest absolute Gasteiger partial charge is 0.493 e. The predicted octanol–water partition coefficient (Wildman–Crippen LogP) is 6.61. The highest BCUT2D eigenvalue weighted by Crippen LogP contribution is 2.37. The van der Waals surface area contributed by atoms with Crippen LogP contribution in [0.1, 0.15) is 16.7 Å². The highest BCUT2D eigenvalue weighted by atomic mass is 79.9. The van der Waals surface area contributed by atoms with E-state index in [0.717, 1.165) is 21.3 Å². The van der Waals surface area contributed by atoms with Crippen LogP contribution >= 0.6 is 27.5 Å². The summed E-state index contributed by atoms with van der Waals surface area (Å²) in [5.41, 5.74) is 4.42. The molecular weight excluding hydrogens is 426 g/mol. The monoisotopic (exact) mass is 445 g/mol. The molecule has 0 atom stereocenters. The number of nitrogens with one attached hydrogen (secondary N) is 1. The van der Waals surface area contributed by atoms with Crippen LogP contribution < -0.4 is 14.8 Å². The van der Waals surface area contributed by atoms with E-state index >= 15 is 0 Å². The zero-order valence-electron chi connectivity index (χ0n) is 15.3. The van der Waals surface area contributed by atoms with Gasteiger partial charge in [-0.1, -0.05) is 41.4 Å². The van der Waals surface area contributed by atoms with Crippen molar-refractivity contribution < 1.29 is 9.47 Å². The number of methoxy groups -OCH3 is 1. The minimum absolute atomic E-state index is 0.413. The number of ether oxygens (including phenoxy) is 2. The van der Waals surface area contributed by atoms with Gasteiger partial charge in [0.05, 0.1) is 11.6 Å². The van der Waals surface area contributed by atoms with Crippen molar-refractivity contribution in [1.29, 1.82) is 0 Å². The van der Waals surface area contributed by atoms with E-state index in [9.17, 15) is 0 Å². The molecule has 0 amide bonds. The summed E-state index contributed by atoms with van der Waals surface area (Å²) in [4.78, 5) is 0. The average molecular weight is 447 g/mol. The van der Waals surface area contributed by atoms with Gasteiger partial charge in [-0.3, -0.25) is 0 Å². The molecule has 0 unspecified atom stereocenters. The second-order valence-electron chi connectivity index (χ2n) is 6.25. The van der Waals surface area contributed by atoms with E-state index in [1.165, 1.54) is 5.56 Å². The van der Waals surface area contributed by atoms with Crippen LogP contribution in [0.3, 0.4) is 0 Å². The molecule has 140 valence electrons. The smallest absolute Gasteiger partial charge is 0.175 e. The van der Waals surface area contributed by atoms with Gasteiger partial charge < -0.3 is 14.8 Å². The molecule has 0 aliphatic heterocycles. The normalized spacial score (nSPS) is 10.5. The van der Waals surface area contributed by atoms with Crippen LogP contribution in [0.5, 0.6) is 11.5 Å². The van der Waals surface area contributed by atoms with E-state index in [-0.39, 0.29) is 0 Å². The van der Waals surface area contributed by atoms with Gasteiger partial charge in [-0.05, 0) is 70.4 Å². The van der Waals surface area contributed by atoms with Crippen molar-refractivity contribution in [3.8, 4) is 11.5 Å². The Labute approximate surface area is 173 Å². The highest BCUT2D eigenvalue weighted by Gasteiger charge is 2.12. The zero-order chi connectivity index (χ0) is 19.2. The van der Waals surface area contributed by atoms with Crippen LogP contribution in [0.25, 0.3) is 0 Å². The van der Waals surface area contributed by atoms with E-state index in [1.807, 2.05) is 36.4 Å². The molecule has 0 saturated heterocycles. The summed E-state index contributed by atoms with van der Waals surface area (Å²) in [6.07, 6.45) is 0. The zero-order valence-corrected chi connectivity index (χ0v) is 17.6. The molecule has 5 heteroatoms. The molecule has 0 aliphatic rings. The maximum absolute atomic E-state index is 6.03. The molecule has 0 bridgehead atoms. The lowest BCUT2D eigenvalue weighted by molar-refractivity contribution is 0.282. The molecule has 0 aromatic heterocycles. The third-order valence-electron chi connectivity index (χ3n) is 4.11. The summed E-state index contributed by atoms with van der Waals surface area (Å²) in [5.74, 6) is 1.36. The molecule has 3 nitrogen and oxygen atoms in total. The Morgan fingerprint density at radius 1 is 1.00 bits per heavy atom. The number of rotatable bonds is 7. The van der Waals surface area contributed by atoms with Crippen molar-refractivity contribution in [2.24, 2.45) is 0 Å². The second-order valence-corrected chi connectivity index (χ2v) is 7.54. The van der Waals surface area contributed by atoms with E-state index in [2.05, 4.69) is 52.4 Å². The lowest BCUT2D eigenvalue weighted by atomic mass is 10.2. The SMILES string of the molecule is COc1cc(CNc2ccc(C)cc2)cc(Br)c1OCc1cccc(Cl)c1. The fourth-order valence-electron chi connectivity index (χ4n) is 2.67. The highest BCUT2D eigenvalue weighted by molar-refractivity contribution is 9.10. The molecule has 0 spiro atoms. The summed E-state index contributed by atoms with van der Waals surface area (Å²) >= 11 is 9.64. The first kappa shape index (κ1) is 19.6. The Balaban J connectivity index is 1.71. The fraction of sp³-hybridized carbons (Fsp3) is 0.182. The summed E-state index contributed by atoms with van der Waals surface area (Å²) in [6, 6.07) is 20.0. The lowest BCUT2D eigenvalue weighted by Gasteiger charge is -2.15. The molecule has 3 aromatic rings. The summed E-state index contributed by atoms with van der Waals surface area (Å²) in [5, 5.41) is 4.11. The average Bonchev–Trinajstić information content (AvgIpc) is 2.66. The molecule has 0 heterocycles. The fourth-order valence-corrected chi connectivity index (χ4v) is 3.49. The maximum atomic E-state index is 6.03. The molecule has 3 rings (SSSR count). The molecule has 0 aliphatic carbocycles. The first-order valence-electron chi connectivity index (χ1n) is 8.59. The number of anilines is 1. The Bertz CT molecular complexity index is 913. The number of hydrogen-bond donors (Lipinski definition) is 1. The Morgan fingerprint density at radius 2 is 1.78 bits per heavy atom. The van der Waals surface area contributed by atoms with E-state index in [1.54, 1.807) is 7.11 Å². The van der Waals surface area contributed by atoms with Crippen LogP contribution in [0.2, 0.25) is 5.02 Å². The third kappa shape index (κ3) is 5.41. The number of benzene rings is 3. The molecular formula is C22H21BrClNO2. The summed E-state index contributed by atoms with van der Waals surface area (Å²) in [6.45, 7) is 3.18. The van der Waals surface area contributed by atoms with E-state index in [0.29, 0.717) is 29.7 Å². The first-order chi connectivity index (χ1) is 13.0. The van der Waals surface area contributed by atoms with E-state index < -0.39 is 0 Å². The van der Waals surface area contributed by atoms with Crippen molar-refractivity contribution in [1.82, 2.24) is 0 Å². The van der Waals surface area contributed by atoms with Gasteiger partial charge in [0, 0.05) is 17.3 Å². The van der Waals surface area contributed by atoms with Crippen molar-refractivity contribution in [2.75, 3.05) is 12.4 Å². The van der Waals surface area contributed by atoms with Gasteiger partial charge in [-0.2, -0.15) is 0 Å². The van der Waals surface area contributed by atoms with Crippen molar-refractivity contribution >= 4 is 33.2 Å². The Hall–Kier alpha value is -2.17. The molecule has 0 fully saturated rings. The van der Waals surface area contributed by atoms with Gasteiger partial charge in [-0.15, -0.1) is 0 Å². The minimum atomic E-state index is 0.413. The number of aryl methyl sites for hydroxylation is 1. The van der Waals surface area contributed by atoms with Crippen molar-refractivity contribution in [3.05, 3.63) is 86.8 Å². The van der Waals surface area contributed by atoms with Crippen LogP contribution in [0.15, 0.2) is 65.1 Å². The topological polar surface area (TPSA) is 30.5 Å². The van der Waals surface area contributed by atoms with Gasteiger partial charge in [0.1, 0.15) is 6.61 Å². The van der Waals surface area contributed by atoms with Crippen LogP contribution in [0, 0.1) is 6.92 Å². The number of halogens is 2. The standard InChI is InChI=1S/C22H21BrClNO2/c1-15-6-8-19(9-7-15)25-13-17-11-20(23)22(21(12-17)26-2)27-14-16-4-3-5-18(24)10-16/h3-12,25H,13-14H2,1-2H3. The van der Waals surface area contributed by atoms with Gasteiger partial charge in [0.15, 0.2) is 11.5 Å². The molecule has 1 N–H and O–H groups in total. The van der Waals surface area contributed by atoms with Crippen molar-refractivity contribution in [3.63, 3.8) is 0 Å². The second kappa shape index (κ2) is 9.16. The molecule has 3 aromatic carbocycles. The maximum Gasteiger partial charge on any atom is 0.175 e. The quantitative estimate of drug-likeness (QED) is 0.443. The summed E-state index contributed by atoms with van der Waals surface area (Å²) < 4.78 is 12.4. The first-order valence-corrected chi connectivity index (χ1v) is 9.76.